The van der Waals surface area contributed by atoms with E-state index in [0.29, 0.717) is 12.4 Å². The molecule has 0 radical (unpaired) electrons. The molecule has 0 unspecified atom stereocenters. The quantitative estimate of drug-likeness (QED) is 0.611. The molecular formula is C22H25FN2O. The number of ether oxygens (including phenoxy) is 1. The van der Waals surface area contributed by atoms with Gasteiger partial charge in [0.25, 0.3) is 0 Å². The van der Waals surface area contributed by atoms with Crippen molar-refractivity contribution in [1.82, 2.24) is 9.47 Å². The van der Waals surface area contributed by atoms with Crippen LogP contribution in [0.25, 0.3) is 11.3 Å². The molecule has 1 aromatic heterocycles. The molecule has 0 aliphatic carbocycles. The van der Waals surface area contributed by atoms with E-state index in [2.05, 4.69) is 42.7 Å². The molecule has 0 amide bonds. The summed E-state index contributed by atoms with van der Waals surface area (Å²) < 4.78 is 22.1. The van der Waals surface area contributed by atoms with Crippen LogP contribution in [-0.4, -0.2) is 30.1 Å². The van der Waals surface area contributed by atoms with E-state index in [4.69, 9.17) is 4.74 Å². The van der Waals surface area contributed by atoms with Crippen molar-refractivity contribution in [2.24, 2.45) is 0 Å². The molecule has 136 valence electrons. The van der Waals surface area contributed by atoms with Crippen molar-refractivity contribution in [2.75, 3.05) is 20.6 Å². The lowest BCUT2D eigenvalue weighted by atomic mass is 10.1. The molecule has 1 heterocycles. The van der Waals surface area contributed by atoms with E-state index in [1.165, 1.54) is 12.1 Å². The second-order valence-electron chi connectivity index (χ2n) is 6.76. The first kappa shape index (κ1) is 18.2. The number of aromatic nitrogens is 1. The minimum absolute atomic E-state index is 0.291. The number of rotatable bonds is 7. The summed E-state index contributed by atoms with van der Waals surface area (Å²) in [6, 6.07) is 16.8. The zero-order valence-electron chi connectivity index (χ0n) is 15.6. The summed E-state index contributed by atoms with van der Waals surface area (Å²) in [4.78, 5) is 2.15. The Balaban J connectivity index is 1.92. The van der Waals surface area contributed by atoms with Crippen molar-refractivity contribution in [2.45, 2.75) is 20.1 Å². The van der Waals surface area contributed by atoms with Crippen LogP contribution in [0.3, 0.4) is 0 Å². The van der Waals surface area contributed by atoms with Gasteiger partial charge in [-0.1, -0.05) is 30.3 Å². The standard InChI is InChI=1S/C22H25FN2O/c1-17-11-12-25(14-13-24(2)3)22(17)20-10-9-19(23)15-21(20)26-16-18-7-5-4-6-8-18/h4-12,15H,13-14,16H2,1-3H3. The van der Waals surface area contributed by atoms with Crippen LogP contribution in [0, 0.1) is 12.7 Å². The summed E-state index contributed by atoms with van der Waals surface area (Å²) in [6.07, 6.45) is 2.08. The van der Waals surface area contributed by atoms with Crippen LogP contribution in [0.4, 0.5) is 4.39 Å². The molecule has 0 spiro atoms. The summed E-state index contributed by atoms with van der Waals surface area (Å²) >= 11 is 0. The molecular weight excluding hydrogens is 327 g/mol. The van der Waals surface area contributed by atoms with Gasteiger partial charge in [0.2, 0.25) is 0 Å². The van der Waals surface area contributed by atoms with E-state index in [9.17, 15) is 4.39 Å². The van der Waals surface area contributed by atoms with Crippen LogP contribution in [0.1, 0.15) is 11.1 Å². The Labute approximate surface area is 154 Å². The number of benzene rings is 2. The van der Waals surface area contributed by atoms with Gasteiger partial charge in [0.1, 0.15) is 18.2 Å². The fraction of sp³-hybridized carbons (Fsp3) is 0.273. The summed E-state index contributed by atoms with van der Waals surface area (Å²) in [7, 11) is 4.12. The first-order valence-corrected chi connectivity index (χ1v) is 8.81. The highest BCUT2D eigenvalue weighted by Crippen LogP contribution is 2.34. The fourth-order valence-corrected chi connectivity index (χ4v) is 2.99. The van der Waals surface area contributed by atoms with E-state index in [-0.39, 0.29) is 5.82 Å². The zero-order valence-corrected chi connectivity index (χ0v) is 15.6. The van der Waals surface area contributed by atoms with Crippen molar-refractivity contribution in [1.29, 1.82) is 0 Å². The summed E-state index contributed by atoms with van der Waals surface area (Å²) in [5.41, 5.74) is 4.21. The van der Waals surface area contributed by atoms with Crippen LogP contribution in [0.15, 0.2) is 60.8 Å². The first-order valence-electron chi connectivity index (χ1n) is 8.81. The van der Waals surface area contributed by atoms with Crippen molar-refractivity contribution in [3.8, 4) is 17.0 Å². The maximum Gasteiger partial charge on any atom is 0.132 e. The molecule has 0 aliphatic heterocycles. The molecule has 0 aliphatic rings. The highest BCUT2D eigenvalue weighted by atomic mass is 19.1. The number of likely N-dealkylation sites (N-methyl/N-ethyl adjacent to an activating group) is 1. The van der Waals surface area contributed by atoms with E-state index in [1.807, 2.05) is 36.4 Å². The van der Waals surface area contributed by atoms with Gasteiger partial charge >= 0.3 is 0 Å². The Hall–Kier alpha value is -2.59. The first-order chi connectivity index (χ1) is 12.5. The Kier molecular flexibility index (Phi) is 5.74. The van der Waals surface area contributed by atoms with Gasteiger partial charge in [-0.3, -0.25) is 0 Å². The topological polar surface area (TPSA) is 17.4 Å². The third-order valence-corrected chi connectivity index (χ3v) is 4.39. The second kappa shape index (κ2) is 8.19. The minimum Gasteiger partial charge on any atom is -0.488 e. The summed E-state index contributed by atoms with van der Waals surface area (Å²) in [5, 5.41) is 0. The molecule has 0 fully saturated rings. The Morgan fingerprint density at radius 2 is 1.81 bits per heavy atom. The average Bonchev–Trinajstić information content (AvgIpc) is 3.00. The van der Waals surface area contributed by atoms with Gasteiger partial charge in [-0.15, -0.1) is 0 Å². The maximum atomic E-state index is 13.9. The van der Waals surface area contributed by atoms with Crippen LogP contribution in [0.5, 0.6) is 5.75 Å². The van der Waals surface area contributed by atoms with Gasteiger partial charge in [0.05, 0.1) is 5.69 Å². The van der Waals surface area contributed by atoms with Crippen LogP contribution < -0.4 is 4.74 Å². The zero-order chi connectivity index (χ0) is 18.5. The molecule has 26 heavy (non-hydrogen) atoms. The molecule has 0 bridgehead atoms. The Morgan fingerprint density at radius 3 is 2.54 bits per heavy atom. The largest absolute Gasteiger partial charge is 0.488 e. The SMILES string of the molecule is Cc1ccn(CCN(C)C)c1-c1ccc(F)cc1OCc1ccccc1. The van der Waals surface area contributed by atoms with E-state index >= 15 is 0 Å². The summed E-state index contributed by atoms with van der Waals surface area (Å²) in [6.45, 7) is 4.29. The van der Waals surface area contributed by atoms with Gasteiger partial charge in [0, 0.05) is 30.9 Å². The number of hydrogen-bond donors (Lipinski definition) is 0. The second-order valence-corrected chi connectivity index (χ2v) is 6.76. The lowest BCUT2D eigenvalue weighted by Crippen LogP contribution is -2.18. The lowest BCUT2D eigenvalue weighted by Gasteiger charge is -2.17. The number of nitrogens with zero attached hydrogens (tertiary/aromatic N) is 2. The monoisotopic (exact) mass is 352 g/mol. The summed E-state index contributed by atoms with van der Waals surface area (Å²) in [5.74, 6) is 0.280. The van der Waals surface area contributed by atoms with Gasteiger partial charge in [-0.2, -0.15) is 0 Å². The molecule has 3 rings (SSSR count). The third-order valence-electron chi connectivity index (χ3n) is 4.39. The highest BCUT2D eigenvalue weighted by molar-refractivity contribution is 5.71. The van der Waals surface area contributed by atoms with Gasteiger partial charge < -0.3 is 14.2 Å². The number of hydrogen-bond acceptors (Lipinski definition) is 2. The van der Waals surface area contributed by atoms with E-state index in [0.717, 1.165) is 35.5 Å². The van der Waals surface area contributed by atoms with Crippen LogP contribution in [-0.2, 0) is 13.2 Å². The minimum atomic E-state index is -0.291. The van der Waals surface area contributed by atoms with E-state index < -0.39 is 0 Å². The van der Waals surface area contributed by atoms with Crippen molar-refractivity contribution in [3.05, 3.63) is 77.7 Å². The van der Waals surface area contributed by atoms with Crippen molar-refractivity contribution < 1.29 is 9.13 Å². The molecule has 0 saturated heterocycles. The predicted molar refractivity (Wildman–Crippen MR) is 104 cm³/mol. The predicted octanol–water partition coefficient (Wildman–Crippen LogP) is 4.74. The maximum absolute atomic E-state index is 13.9. The van der Waals surface area contributed by atoms with Gasteiger partial charge in [-0.05, 0) is 50.3 Å². The lowest BCUT2D eigenvalue weighted by molar-refractivity contribution is 0.305. The number of halogens is 1. The normalized spacial score (nSPS) is 11.1. The number of aryl methyl sites for hydroxylation is 1. The van der Waals surface area contributed by atoms with Gasteiger partial charge in [0.15, 0.2) is 0 Å². The molecule has 0 N–H and O–H groups in total. The fourth-order valence-electron chi connectivity index (χ4n) is 2.99. The third kappa shape index (κ3) is 4.33. The Morgan fingerprint density at radius 1 is 1.04 bits per heavy atom. The molecule has 3 nitrogen and oxygen atoms in total. The van der Waals surface area contributed by atoms with Crippen molar-refractivity contribution in [3.63, 3.8) is 0 Å². The van der Waals surface area contributed by atoms with Gasteiger partial charge in [-0.25, -0.2) is 4.39 Å². The smallest absolute Gasteiger partial charge is 0.132 e. The van der Waals surface area contributed by atoms with Crippen molar-refractivity contribution >= 4 is 0 Å². The van der Waals surface area contributed by atoms with Crippen LogP contribution >= 0.6 is 0 Å². The van der Waals surface area contributed by atoms with E-state index in [1.54, 1.807) is 0 Å². The highest BCUT2D eigenvalue weighted by Gasteiger charge is 2.15. The molecule has 2 aromatic carbocycles. The average molecular weight is 352 g/mol. The molecule has 0 saturated carbocycles. The molecule has 3 aromatic rings. The molecule has 4 heteroatoms. The molecule has 0 atom stereocenters. The Bertz CT molecular complexity index is 856. The van der Waals surface area contributed by atoms with Crippen LogP contribution in [0.2, 0.25) is 0 Å².